The molecule has 0 bridgehead atoms. The maximum Gasteiger partial charge on any atom is -0.0440 e. The monoisotopic (exact) mass is 81.0 g/mol. The van der Waals surface area contributed by atoms with Gasteiger partial charge in [0.05, 0.1) is 0 Å². The quantitative estimate of drug-likeness (QED) is 0.450. The number of rotatable bonds is 0. The predicted molar refractivity (Wildman–Crippen MR) is 22.3 cm³/mol. The lowest BCUT2D eigenvalue weighted by molar-refractivity contribution is 1.25. The molecule has 0 saturated heterocycles. The van der Waals surface area contributed by atoms with Gasteiger partial charge in [0.25, 0.3) is 0 Å². The normalized spacial score (nSPS) is 8.83. The van der Waals surface area contributed by atoms with Crippen LogP contribution in [0.4, 0.5) is 0 Å². The van der Waals surface area contributed by atoms with Gasteiger partial charge in [-0.15, -0.1) is 0 Å². The predicted octanol–water partition coefficient (Wildman–Crippen LogP) is 0.347. The minimum absolute atomic E-state index is 0.981. The summed E-state index contributed by atoms with van der Waals surface area (Å²) in [6.45, 7) is 1.91. The van der Waals surface area contributed by atoms with Gasteiger partial charge >= 0.3 is 0 Å². The fraction of sp³-hybridized carbons (Fsp3) is 0.250. The number of nitrogens with zero attached hydrogens (tertiary/aromatic N) is 2. The Morgan fingerprint density at radius 1 is 1.83 bits per heavy atom. The van der Waals surface area contributed by atoms with Crippen molar-refractivity contribution in [2.45, 2.75) is 6.92 Å². The summed E-state index contributed by atoms with van der Waals surface area (Å²) >= 11 is 0. The Kier molecular flexibility index (Phi) is 0.638. The van der Waals surface area contributed by atoms with Crippen LogP contribution in [0.3, 0.4) is 0 Å². The van der Waals surface area contributed by atoms with Crippen molar-refractivity contribution in [3.8, 4) is 0 Å². The maximum atomic E-state index is 3.81. The molecule has 0 radical (unpaired) electrons. The fourth-order valence-corrected chi connectivity index (χ4v) is 0.299. The highest BCUT2D eigenvalue weighted by Crippen LogP contribution is 1.79. The summed E-state index contributed by atoms with van der Waals surface area (Å²) in [5.74, 6) is 0. The van der Waals surface area contributed by atoms with E-state index in [0.717, 1.165) is 5.69 Å². The molecular weight excluding hydrogens is 76.1 g/mol. The number of hydrogen-bond acceptors (Lipinski definition) is 1. The SMILES string of the molecule is Cc1c[n-]cn1. The van der Waals surface area contributed by atoms with Crippen molar-refractivity contribution in [2.75, 3.05) is 0 Å². The molecule has 1 aromatic heterocycles. The van der Waals surface area contributed by atoms with Crippen molar-refractivity contribution in [1.82, 2.24) is 9.97 Å². The molecule has 0 spiro atoms. The smallest absolute Gasteiger partial charge is 0.0440 e. The molecule has 1 aromatic rings. The maximum absolute atomic E-state index is 3.81. The zero-order valence-electron chi connectivity index (χ0n) is 3.55. The third-order valence-corrected chi connectivity index (χ3v) is 0.589. The Balaban J connectivity index is 3.05. The van der Waals surface area contributed by atoms with Crippen LogP contribution < -0.4 is 4.98 Å². The summed E-state index contributed by atoms with van der Waals surface area (Å²) in [4.78, 5) is 7.52. The number of aryl methyl sites for hydroxylation is 1. The van der Waals surface area contributed by atoms with E-state index in [1.165, 1.54) is 6.33 Å². The molecule has 0 aliphatic carbocycles. The Morgan fingerprint density at radius 2 is 2.67 bits per heavy atom. The molecule has 0 fully saturated rings. The Hall–Kier alpha value is -0.790. The largest absolute Gasteiger partial charge is 0.450 e. The lowest BCUT2D eigenvalue weighted by Gasteiger charge is -1.77. The first-order chi connectivity index (χ1) is 2.89. The van der Waals surface area contributed by atoms with Crippen LogP contribution in [0, 0.1) is 6.92 Å². The molecule has 0 unspecified atom stereocenters. The van der Waals surface area contributed by atoms with E-state index < -0.39 is 0 Å². The molecule has 0 atom stereocenters. The molecule has 0 aliphatic rings. The van der Waals surface area contributed by atoms with Crippen molar-refractivity contribution in [3.63, 3.8) is 0 Å². The second-order valence-electron chi connectivity index (χ2n) is 1.16. The molecule has 6 heavy (non-hydrogen) atoms. The van der Waals surface area contributed by atoms with E-state index in [2.05, 4.69) is 9.97 Å². The highest BCUT2D eigenvalue weighted by atomic mass is 14.8. The molecule has 1 heterocycles. The molecule has 0 amide bonds. The molecule has 2 nitrogen and oxygen atoms in total. The summed E-state index contributed by atoms with van der Waals surface area (Å²) in [7, 11) is 0. The Morgan fingerprint density at radius 3 is 2.83 bits per heavy atom. The summed E-state index contributed by atoms with van der Waals surface area (Å²) in [6, 6.07) is 0. The molecule has 0 N–H and O–H groups in total. The van der Waals surface area contributed by atoms with Crippen molar-refractivity contribution in [2.24, 2.45) is 0 Å². The van der Waals surface area contributed by atoms with E-state index in [1.807, 2.05) is 6.92 Å². The first-order valence-corrected chi connectivity index (χ1v) is 1.79. The van der Waals surface area contributed by atoms with Crippen LogP contribution >= 0.6 is 0 Å². The second kappa shape index (κ2) is 1.12. The van der Waals surface area contributed by atoms with Crippen LogP contribution in [0.25, 0.3) is 0 Å². The van der Waals surface area contributed by atoms with Crippen molar-refractivity contribution < 1.29 is 0 Å². The lowest BCUT2D eigenvalue weighted by Crippen LogP contribution is -1.59. The van der Waals surface area contributed by atoms with Gasteiger partial charge in [0, 0.05) is 0 Å². The van der Waals surface area contributed by atoms with E-state index in [4.69, 9.17) is 0 Å². The van der Waals surface area contributed by atoms with E-state index in [9.17, 15) is 0 Å². The molecule has 0 aromatic carbocycles. The third-order valence-electron chi connectivity index (χ3n) is 0.589. The summed E-state index contributed by atoms with van der Waals surface area (Å²) in [6.07, 6.45) is 3.26. The average molecular weight is 81.1 g/mol. The molecule has 1 rings (SSSR count). The third kappa shape index (κ3) is 0.407. The van der Waals surface area contributed by atoms with Gasteiger partial charge in [-0.05, 0) is 6.92 Å². The molecule has 2 heteroatoms. The zero-order chi connectivity index (χ0) is 4.41. The van der Waals surface area contributed by atoms with Gasteiger partial charge in [-0.25, -0.2) is 0 Å². The van der Waals surface area contributed by atoms with Crippen LogP contribution in [-0.2, 0) is 0 Å². The molecule has 32 valence electrons. The van der Waals surface area contributed by atoms with E-state index >= 15 is 0 Å². The van der Waals surface area contributed by atoms with Crippen molar-refractivity contribution in [1.29, 1.82) is 0 Å². The van der Waals surface area contributed by atoms with Gasteiger partial charge in [0.1, 0.15) is 0 Å². The number of aromatic nitrogens is 2. The first kappa shape index (κ1) is 3.40. The topological polar surface area (TPSA) is 27.0 Å². The zero-order valence-corrected chi connectivity index (χ0v) is 3.55. The van der Waals surface area contributed by atoms with Crippen LogP contribution in [0.2, 0.25) is 0 Å². The summed E-state index contributed by atoms with van der Waals surface area (Å²) < 4.78 is 0. The van der Waals surface area contributed by atoms with Crippen molar-refractivity contribution >= 4 is 0 Å². The average Bonchev–Trinajstić information content (AvgIpc) is 1.86. The van der Waals surface area contributed by atoms with E-state index in [1.54, 1.807) is 6.20 Å². The van der Waals surface area contributed by atoms with Gasteiger partial charge in [0.2, 0.25) is 0 Å². The van der Waals surface area contributed by atoms with Crippen LogP contribution in [-0.4, -0.2) is 4.98 Å². The molecule has 0 aliphatic heterocycles. The van der Waals surface area contributed by atoms with Crippen LogP contribution in [0.15, 0.2) is 12.5 Å². The highest BCUT2D eigenvalue weighted by Gasteiger charge is 1.61. The van der Waals surface area contributed by atoms with Gasteiger partial charge in [-0.2, -0.15) is 0 Å². The van der Waals surface area contributed by atoms with Gasteiger partial charge in [-0.3, -0.25) is 0 Å². The Bertz CT molecular complexity index is 109. The summed E-state index contributed by atoms with van der Waals surface area (Å²) in [5.41, 5.74) is 0.981. The van der Waals surface area contributed by atoms with Gasteiger partial charge in [0.15, 0.2) is 0 Å². The second-order valence-corrected chi connectivity index (χ2v) is 1.16. The van der Waals surface area contributed by atoms with Crippen LogP contribution in [0.1, 0.15) is 5.69 Å². The van der Waals surface area contributed by atoms with Crippen molar-refractivity contribution in [3.05, 3.63) is 18.2 Å². The summed E-state index contributed by atoms with van der Waals surface area (Å²) in [5, 5.41) is 0. The molecule has 0 saturated carbocycles. The van der Waals surface area contributed by atoms with E-state index in [-0.39, 0.29) is 0 Å². The van der Waals surface area contributed by atoms with Gasteiger partial charge < -0.3 is 9.97 Å². The van der Waals surface area contributed by atoms with Crippen LogP contribution in [0.5, 0.6) is 0 Å². The minimum Gasteiger partial charge on any atom is -0.450 e. The molecular formula is C4H5N2-. The number of imidazole rings is 1. The fourth-order valence-electron chi connectivity index (χ4n) is 0.299. The lowest BCUT2D eigenvalue weighted by atomic mass is 10.6. The Labute approximate surface area is 36.2 Å². The number of hydrogen-bond donors (Lipinski definition) is 0. The standard InChI is InChI=1S/C4H5N2/c1-4-2-5-3-6-4/h2-3H,1H3/q-1. The first-order valence-electron chi connectivity index (χ1n) is 1.79. The van der Waals surface area contributed by atoms with E-state index in [0.29, 0.717) is 0 Å². The van der Waals surface area contributed by atoms with Gasteiger partial charge in [-0.1, -0.05) is 18.2 Å². The minimum atomic E-state index is 0.981. The highest BCUT2D eigenvalue weighted by molar-refractivity contribution is 4.87.